The van der Waals surface area contributed by atoms with Gasteiger partial charge in [0, 0.05) is 19.5 Å². The third-order valence-corrected chi connectivity index (χ3v) is 3.91. The van der Waals surface area contributed by atoms with Crippen LogP contribution in [-0.2, 0) is 0 Å². The van der Waals surface area contributed by atoms with Crippen LogP contribution in [0.25, 0.3) is 0 Å². The van der Waals surface area contributed by atoms with E-state index in [0.717, 1.165) is 16.8 Å². The number of halogens is 2. The molecule has 25 heavy (non-hydrogen) atoms. The van der Waals surface area contributed by atoms with Crippen LogP contribution in [0.3, 0.4) is 0 Å². The minimum Gasteiger partial charge on any atom is -0.487 e. The van der Waals surface area contributed by atoms with Crippen molar-refractivity contribution >= 4 is 12.0 Å². The molecule has 0 aliphatic rings. The highest BCUT2D eigenvalue weighted by atomic mass is 19.3. The lowest BCUT2D eigenvalue weighted by Crippen LogP contribution is -2.31. The summed E-state index contributed by atoms with van der Waals surface area (Å²) in [6.45, 7) is 12.7. The maximum absolute atomic E-state index is 14.0. The summed E-state index contributed by atoms with van der Waals surface area (Å²) in [4.78, 5) is 6.49. The average Bonchev–Trinajstić information content (AvgIpc) is 2.43. The normalized spacial score (nSPS) is 12.9. The third-order valence-electron chi connectivity index (χ3n) is 3.91. The molecule has 0 atom stereocenters. The standard InChI is InChI=1S/C20H32F2N2O/c1-14(2)24(8)13-23-17-9-16(4)18(10-15(17)3)25-12-20(21,22)11-19(5,6)7/h9-10,13-14H,11-12H2,1-8H3. The van der Waals surface area contributed by atoms with Crippen LogP contribution in [-0.4, -0.2) is 36.9 Å². The lowest BCUT2D eigenvalue weighted by atomic mass is 9.89. The molecule has 0 N–H and O–H groups in total. The second kappa shape index (κ2) is 8.15. The fourth-order valence-corrected chi connectivity index (χ4v) is 2.37. The summed E-state index contributed by atoms with van der Waals surface area (Å²) < 4.78 is 33.5. The molecule has 0 aliphatic heterocycles. The molecule has 142 valence electrons. The number of nitrogens with zero attached hydrogens (tertiary/aromatic N) is 2. The van der Waals surface area contributed by atoms with E-state index in [9.17, 15) is 8.78 Å². The first-order valence-electron chi connectivity index (χ1n) is 8.69. The molecule has 0 aromatic heterocycles. The number of alkyl halides is 2. The van der Waals surface area contributed by atoms with Gasteiger partial charge in [0.25, 0.3) is 5.92 Å². The van der Waals surface area contributed by atoms with Gasteiger partial charge >= 0.3 is 0 Å². The zero-order valence-electron chi connectivity index (χ0n) is 16.8. The summed E-state index contributed by atoms with van der Waals surface area (Å²) in [5, 5.41) is 0. The Morgan fingerprint density at radius 3 is 2.28 bits per heavy atom. The molecule has 0 radical (unpaired) electrons. The van der Waals surface area contributed by atoms with E-state index in [0.29, 0.717) is 11.8 Å². The lowest BCUT2D eigenvalue weighted by molar-refractivity contribution is -0.0696. The van der Waals surface area contributed by atoms with Crippen LogP contribution in [0.15, 0.2) is 17.1 Å². The maximum Gasteiger partial charge on any atom is 0.281 e. The van der Waals surface area contributed by atoms with Crippen molar-refractivity contribution in [3.05, 3.63) is 23.3 Å². The van der Waals surface area contributed by atoms with Crippen LogP contribution in [0.2, 0.25) is 0 Å². The first-order chi connectivity index (χ1) is 11.3. The minimum absolute atomic E-state index is 0.206. The first-order valence-corrected chi connectivity index (χ1v) is 8.69. The van der Waals surface area contributed by atoms with E-state index < -0.39 is 17.9 Å². The monoisotopic (exact) mass is 354 g/mol. The van der Waals surface area contributed by atoms with Crippen molar-refractivity contribution in [3.8, 4) is 5.75 Å². The lowest BCUT2D eigenvalue weighted by Gasteiger charge is -2.26. The molecule has 0 heterocycles. The molecule has 3 nitrogen and oxygen atoms in total. The molecular formula is C20H32F2N2O. The highest BCUT2D eigenvalue weighted by Crippen LogP contribution is 2.33. The fraction of sp³-hybridized carbons (Fsp3) is 0.650. The van der Waals surface area contributed by atoms with Crippen molar-refractivity contribution in [2.24, 2.45) is 10.4 Å². The molecule has 0 saturated carbocycles. The largest absolute Gasteiger partial charge is 0.487 e. The third kappa shape index (κ3) is 7.41. The Hall–Kier alpha value is -1.65. The molecule has 0 spiro atoms. The van der Waals surface area contributed by atoms with E-state index in [1.54, 1.807) is 33.2 Å². The number of benzene rings is 1. The van der Waals surface area contributed by atoms with E-state index >= 15 is 0 Å². The quantitative estimate of drug-likeness (QED) is 0.460. The van der Waals surface area contributed by atoms with Gasteiger partial charge in [-0.15, -0.1) is 0 Å². The van der Waals surface area contributed by atoms with Crippen LogP contribution >= 0.6 is 0 Å². The van der Waals surface area contributed by atoms with Crippen LogP contribution < -0.4 is 4.74 Å². The van der Waals surface area contributed by atoms with Crippen LogP contribution in [0.5, 0.6) is 5.75 Å². The van der Waals surface area contributed by atoms with Gasteiger partial charge in [-0.2, -0.15) is 0 Å². The van der Waals surface area contributed by atoms with Gasteiger partial charge in [0.05, 0.1) is 12.0 Å². The van der Waals surface area contributed by atoms with Crippen molar-refractivity contribution in [2.75, 3.05) is 13.7 Å². The van der Waals surface area contributed by atoms with Gasteiger partial charge in [0.2, 0.25) is 0 Å². The Labute approximate surface area is 151 Å². The van der Waals surface area contributed by atoms with Crippen molar-refractivity contribution in [2.45, 2.75) is 66.9 Å². The van der Waals surface area contributed by atoms with Gasteiger partial charge in [-0.1, -0.05) is 20.8 Å². The summed E-state index contributed by atoms with van der Waals surface area (Å²) in [6.07, 6.45) is 1.58. The predicted molar refractivity (Wildman–Crippen MR) is 101 cm³/mol. The number of aliphatic imine (C=N–C) groups is 1. The zero-order chi connectivity index (χ0) is 19.4. The van der Waals surface area contributed by atoms with Crippen molar-refractivity contribution in [1.29, 1.82) is 0 Å². The molecule has 0 saturated heterocycles. The van der Waals surface area contributed by atoms with E-state index in [1.165, 1.54) is 0 Å². The molecule has 0 unspecified atom stereocenters. The summed E-state index contributed by atoms with van der Waals surface area (Å²) in [5.74, 6) is -2.36. The second-order valence-electron chi connectivity index (χ2n) is 8.29. The zero-order valence-corrected chi connectivity index (χ0v) is 16.8. The molecule has 1 aromatic rings. The maximum atomic E-state index is 14.0. The SMILES string of the molecule is Cc1cc(OCC(F)(F)CC(C)(C)C)c(C)cc1N=CN(C)C(C)C. The Morgan fingerprint density at radius 2 is 1.76 bits per heavy atom. The average molecular weight is 354 g/mol. The Kier molecular flexibility index (Phi) is 6.98. The summed E-state index contributed by atoms with van der Waals surface area (Å²) in [5.41, 5.74) is 2.07. The molecule has 0 bridgehead atoms. The summed E-state index contributed by atoms with van der Waals surface area (Å²) in [7, 11) is 1.96. The Morgan fingerprint density at radius 1 is 1.16 bits per heavy atom. The van der Waals surface area contributed by atoms with E-state index in [2.05, 4.69) is 18.8 Å². The van der Waals surface area contributed by atoms with Crippen LogP contribution in [0.1, 0.15) is 52.2 Å². The van der Waals surface area contributed by atoms with Gasteiger partial charge < -0.3 is 9.64 Å². The number of ether oxygens (including phenoxy) is 1. The Bertz CT molecular complexity index is 604. The summed E-state index contributed by atoms with van der Waals surface area (Å²) >= 11 is 0. The van der Waals surface area contributed by atoms with Crippen molar-refractivity contribution < 1.29 is 13.5 Å². The molecule has 1 aromatic carbocycles. The van der Waals surface area contributed by atoms with Crippen molar-refractivity contribution in [3.63, 3.8) is 0 Å². The molecule has 0 fully saturated rings. The van der Waals surface area contributed by atoms with Gasteiger partial charge in [-0.05, 0) is 56.4 Å². The van der Waals surface area contributed by atoms with Gasteiger partial charge in [-0.3, -0.25) is 0 Å². The van der Waals surface area contributed by atoms with Crippen LogP contribution in [0, 0.1) is 19.3 Å². The summed E-state index contributed by atoms with van der Waals surface area (Å²) in [6, 6.07) is 4.01. The van der Waals surface area contributed by atoms with E-state index in [4.69, 9.17) is 4.74 Å². The highest BCUT2D eigenvalue weighted by Gasteiger charge is 2.35. The smallest absolute Gasteiger partial charge is 0.281 e. The molecule has 0 amide bonds. The second-order valence-corrected chi connectivity index (χ2v) is 8.29. The van der Waals surface area contributed by atoms with Gasteiger partial charge in [0.15, 0.2) is 6.61 Å². The first kappa shape index (κ1) is 21.4. The minimum atomic E-state index is -2.85. The Balaban J connectivity index is 2.86. The van der Waals surface area contributed by atoms with Crippen LogP contribution in [0.4, 0.5) is 14.5 Å². The number of aryl methyl sites for hydroxylation is 2. The number of hydrogen-bond acceptors (Lipinski definition) is 2. The van der Waals surface area contributed by atoms with E-state index in [1.807, 2.05) is 31.9 Å². The van der Waals surface area contributed by atoms with Crippen molar-refractivity contribution in [1.82, 2.24) is 4.90 Å². The van der Waals surface area contributed by atoms with Gasteiger partial charge in [0.1, 0.15) is 5.75 Å². The molecule has 0 aliphatic carbocycles. The molecule has 1 rings (SSSR count). The number of rotatable bonds is 7. The molecular weight excluding hydrogens is 322 g/mol. The predicted octanol–water partition coefficient (Wildman–Crippen LogP) is 5.75. The fourth-order valence-electron chi connectivity index (χ4n) is 2.37. The highest BCUT2D eigenvalue weighted by molar-refractivity contribution is 5.64. The van der Waals surface area contributed by atoms with Gasteiger partial charge in [-0.25, -0.2) is 13.8 Å². The number of hydrogen-bond donors (Lipinski definition) is 0. The molecule has 5 heteroatoms. The van der Waals surface area contributed by atoms with E-state index in [-0.39, 0.29) is 6.42 Å². The topological polar surface area (TPSA) is 24.8 Å².